The van der Waals surface area contributed by atoms with Crippen LogP contribution in [0.15, 0.2) is 41.3 Å². The Balaban J connectivity index is 1.44. The van der Waals surface area contributed by atoms with E-state index in [2.05, 4.69) is 20.3 Å². The van der Waals surface area contributed by atoms with Crippen molar-refractivity contribution in [3.8, 4) is 5.69 Å². The van der Waals surface area contributed by atoms with Crippen molar-refractivity contribution in [2.24, 2.45) is 0 Å². The number of aromatic nitrogens is 4. The lowest BCUT2D eigenvalue weighted by molar-refractivity contribution is 0.0705. The molecule has 7 nitrogen and oxygen atoms in total. The van der Waals surface area contributed by atoms with Crippen molar-refractivity contribution in [1.82, 2.24) is 24.6 Å². The highest BCUT2D eigenvalue weighted by molar-refractivity contribution is 7.99. The maximum absolute atomic E-state index is 12.7. The first kappa shape index (κ1) is 19.6. The average molecular weight is 425 g/mol. The van der Waals surface area contributed by atoms with Crippen LogP contribution in [0, 0.1) is 0 Å². The molecule has 0 unspecified atom stereocenters. The summed E-state index contributed by atoms with van der Waals surface area (Å²) in [6, 6.07) is 9.81. The highest BCUT2D eigenvalue weighted by Gasteiger charge is 2.38. The summed E-state index contributed by atoms with van der Waals surface area (Å²) in [5.41, 5.74) is 1.48. The van der Waals surface area contributed by atoms with Crippen molar-refractivity contribution in [3.63, 3.8) is 0 Å². The Kier molecular flexibility index (Phi) is 5.52. The Hall–Kier alpha value is -2.32. The third kappa shape index (κ3) is 3.74. The number of para-hydroxylation sites is 1. The summed E-state index contributed by atoms with van der Waals surface area (Å²) in [5.74, 6) is 2.94. The number of thioether (sulfide) groups is 1. The largest absolute Gasteiger partial charge is 0.354 e. The molecular weight excluding hydrogens is 396 g/mol. The molecule has 3 aromatic rings. The van der Waals surface area contributed by atoms with Crippen LogP contribution in [0.1, 0.15) is 32.1 Å². The van der Waals surface area contributed by atoms with Crippen LogP contribution in [0.5, 0.6) is 0 Å². The van der Waals surface area contributed by atoms with Crippen molar-refractivity contribution in [2.75, 3.05) is 36.5 Å². The lowest BCUT2D eigenvalue weighted by Crippen LogP contribution is -2.57. The summed E-state index contributed by atoms with van der Waals surface area (Å²) in [5, 5.41) is 8.40. The number of aromatic amines is 1. The normalized spacial score (nSPS) is 19.7. The quantitative estimate of drug-likeness (QED) is 0.654. The molecule has 1 aromatic carbocycles. The Morgan fingerprint density at radius 1 is 1.10 bits per heavy atom. The van der Waals surface area contributed by atoms with Gasteiger partial charge in [0.05, 0.1) is 11.9 Å². The van der Waals surface area contributed by atoms with Gasteiger partial charge in [0.25, 0.3) is 5.56 Å². The molecule has 0 spiro atoms. The number of hydrogen-bond donors (Lipinski definition) is 2. The van der Waals surface area contributed by atoms with E-state index in [-0.39, 0.29) is 11.1 Å². The van der Waals surface area contributed by atoms with Gasteiger partial charge in [-0.3, -0.25) is 14.7 Å². The van der Waals surface area contributed by atoms with Crippen LogP contribution >= 0.6 is 11.8 Å². The molecule has 1 aliphatic carbocycles. The van der Waals surface area contributed by atoms with Crippen molar-refractivity contribution in [1.29, 1.82) is 0 Å². The first-order valence-electron chi connectivity index (χ1n) is 10.9. The number of benzene rings is 1. The molecule has 2 aliphatic rings. The van der Waals surface area contributed by atoms with E-state index in [0.717, 1.165) is 25.3 Å². The first-order valence-corrected chi connectivity index (χ1v) is 12.0. The molecule has 1 aliphatic heterocycles. The van der Waals surface area contributed by atoms with E-state index < -0.39 is 0 Å². The van der Waals surface area contributed by atoms with Gasteiger partial charge in [-0.05, 0) is 25.0 Å². The fourth-order valence-corrected chi connectivity index (χ4v) is 5.76. The average Bonchev–Trinajstić information content (AvgIpc) is 3.24. The number of nitrogens with one attached hydrogen (secondary N) is 2. The molecule has 2 N–H and O–H groups in total. The van der Waals surface area contributed by atoms with E-state index in [9.17, 15) is 4.79 Å². The van der Waals surface area contributed by atoms with Crippen LogP contribution in [0.25, 0.3) is 16.7 Å². The van der Waals surface area contributed by atoms with Gasteiger partial charge in [0.2, 0.25) is 5.95 Å². The lowest BCUT2D eigenvalue weighted by Gasteiger charge is -2.48. The molecular formula is C22H28N6OS. The maximum Gasteiger partial charge on any atom is 0.263 e. The second kappa shape index (κ2) is 8.43. The van der Waals surface area contributed by atoms with E-state index in [4.69, 9.17) is 4.98 Å². The highest BCUT2D eigenvalue weighted by atomic mass is 32.2. The zero-order valence-electron chi connectivity index (χ0n) is 17.1. The Labute approximate surface area is 180 Å². The van der Waals surface area contributed by atoms with E-state index in [1.54, 1.807) is 10.9 Å². The lowest BCUT2D eigenvalue weighted by atomic mass is 9.80. The van der Waals surface area contributed by atoms with Crippen molar-refractivity contribution in [2.45, 2.75) is 37.6 Å². The maximum atomic E-state index is 12.7. The zero-order valence-corrected chi connectivity index (χ0v) is 18.0. The molecule has 0 bridgehead atoms. The third-order valence-corrected chi connectivity index (χ3v) is 7.43. The minimum atomic E-state index is -0.156. The third-order valence-electron chi connectivity index (χ3n) is 6.49. The topological polar surface area (TPSA) is 78.8 Å². The molecule has 30 heavy (non-hydrogen) atoms. The van der Waals surface area contributed by atoms with E-state index in [1.807, 2.05) is 42.1 Å². The fourth-order valence-electron chi connectivity index (χ4n) is 4.86. The Morgan fingerprint density at radius 3 is 2.63 bits per heavy atom. The van der Waals surface area contributed by atoms with E-state index in [0.29, 0.717) is 17.0 Å². The molecule has 3 heterocycles. The minimum Gasteiger partial charge on any atom is -0.354 e. The number of anilines is 1. The van der Waals surface area contributed by atoms with Crippen LogP contribution in [0.3, 0.4) is 0 Å². The van der Waals surface area contributed by atoms with Crippen LogP contribution in [0.2, 0.25) is 0 Å². The molecule has 158 valence electrons. The van der Waals surface area contributed by atoms with Gasteiger partial charge in [-0.15, -0.1) is 0 Å². The minimum absolute atomic E-state index is 0.156. The summed E-state index contributed by atoms with van der Waals surface area (Å²) in [4.78, 5) is 23.0. The smallest absolute Gasteiger partial charge is 0.263 e. The predicted octanol–water partition coefficient (Wildman–Crippen LogP) is 3.27. The standard InChI is InChI=1S/C22H28N6OS/c29-20-18-15-24-28(17-7-3-1-4-8-17)19(18)25-21(26-20)23-16-22(9-5-2-6-10-22)27-11-13-30-14-12-27/h1,3-4,7-8,15H,2,5-6,9-14,16H2,(H2,23,25,26,29). The monoisotopic (exact) mass is 424 g/mol. The molecule has 2 aromatic heterocycles. The van der Waals surface area contributed by atoms with Gasteiger partial charge in [0, 0.05) is 36.7 Å². The van der Waals surface area contributed by atoms with Crippen molar-refractivity contribution >= 4 is 28.7 Å². The summed E-state index contributed by atoms with van der Waals surface area (Å²) in [7, 11) is 0. The predicted molar refractivity (Wildman–Crippen MR) is 123 cm³/mol. The van der Waals surface area contributed by atoms with Crippen LogP contribution < -0.4 is 10.9 Å². The Bertz CT molecular complexity index is 1050. The molecule has 0 radical (unpaired) electrons. The zero-order chi connectivity index (χ0) is 20.4. The van der Waals surface area contributed by atoms with Gasteiger partial charge in [0.1, 0.15) is 5.39 Å². The molecule has 8 heteroatoms. The van der Waals surface area contributed by atoms with Crippen LogP contribution in [0.4, 0.5) is 5.95 Å². The first-order chi connectivity index (χ1) is 14.8. The highest BCUT2D eigenvalue weighted by Crippen LogP contribution is 2.35. The van der Waals surface area contributed by atoms with Gasteiger partial charge >= 0.3 is 0 Å². The fraction of sp³-hybridized carbons (Fsp3) is 0.500. The van der Waals surface area contributed by atoms with Gasteiger partial charge in [-0.25, -0.2) is 4.68 Å². The SMILES string of the molecule is O=c1[nH]c(NCC2(N3CCSCC3)CCCCC2)nc2c1cnn2-c1ccccc1. The van der Waals surface area contributed by atoms with E-state index >= 15 is 0 Å². The van der Waals surface area contributed by atoms with Gasteiger partial charge < -0.3 is 5.32 Å². The number of hydrogen-bond acceptors (Lipinski definition) is 6. The second-order valence-corrected chi connectivity index (χ2v) is 9.51. The molecule has 1 saturated carbocycles. The van der Waals surface area contributed by atoms with Crippen LogP contribution in [-0.2, 0) is 0 Å². The van der Waals surface area contributed by atoms with Gasteiger partial charge in [0.15, 0.2) is 5.65 Å². The number of rotatable bonds is 5. The number of H-pyrrole nitrogens is 1. The van der Waals surface area contributed by atoms with E-state index in [1.165, 1.54) is 43.6 Å². The number of nitrogens with zero attached hydrogens (tertiary/aromatic N) is 4. The van der Waals surface area contributed by atoms with Gasteiger partial charge in [-0.2, -0.15) is 21.8 Å². The molecule has 1 saturated heterocycles. The summed E-state index contributed by atoms with van der Waals surface area (Å²) >= 11 is 2.05. The second-order valence-electron chi connectivity index (χ2n) is 8.28. The van der Waals surface area contributed by atoms with Crippen LogP contribution in [-0.4, -0.2) is 61.3 Å². The van der Waals surface area contributed by atoms with Crippen molar-refractivity contribution in [3.05, 3.63) is 46.9 Å². The summed E-state index contributed by atoms with van der Waals surface area (Å²) in [6.07, 6.45) is 7.87. The van der Waals surface area contributed by atoms with Crippen molar-refractivity contribution < 1.29 is 0 Å². The molecule has 0 atom stereocenters. The molecule has 0 amide bonds. The van der Waals surface area contributed by atoms with Gasteiger partial charge in [-0.1, -0.05) is 37.5 Å². The Morgan fingerprint density at radius 2 is 1.87 bits per heavy atom. The summed E-state index contributed by atoms with van der Waals surface area (Å²) in [6.45, 7) is 3.11. The summed E-state index contributed by atoms with van der Waals surface area (Å²) < 4.78 is 1.73. The number of fused-ring (bicyclic) bond motifs is 1. The molecule has 2 fully saturated rings. The molecule has 5 rings (SSSR count).